The van der Waals surface area contributed by atoms with Crippen molar-refractivity contribution in [1.82, 2.24) is 10.4 Å². The second-order valence-corrected chi connectivity index (χ2v) is 2.30. The molecule has 0 aliphatic carbocycles. The maximum atomic E-state index is 11.5. The predicted octanol–water partition coefficient (Wildman–Crippen LogP) is 0.704. The van der Waals surface area contributed by atoms with E-state index in [0.29, 0.717) is 13.0 Å². The van der Waals surface area contributed by atoms with E-state index in [2.05, 4.69) is 10.2 Å². The Balaban J connectivity index is 2.29. The molecule has 0 aromatic heterocycles. The van der Waals surface area contributed by atoms with Crippen LogP contribution in [0.1, 0.15) is 6.42 Å². The number of rotatable bonds is 1. The van der Waals surface area contributed by atoms with Gasteiger partial charge in [0.05, 0.1) is 0 Å². The van der Waals surface area contributed by atoms with Crippen LogP contribution in [0.3, 0.4) is 0 Å². The first-order chi connectivity index (χ1) is 4.97. The maximum Gasteiger partial charge on any atom is 0.524 e. The molecule has 1 rings (SSSR count). The van der Waals surface area contributed by atoms with Crippen LogP contribution in [0.25, 0.3) is 0 Å². The Bertz CT molecular complexity index is 138. The molecule has 1 unspecified atom stereocenters. The molecule has 0 spiro atoms. The van der Waals surface area contributed by atoms with Crippen LogP contribution >= 0.6 is 0 Å². The topological polar surface area (TPSA) is 26.6 Å². The fourth-order valence-electron chi connectivity index (χ4n) is 0.869. The maximum absolute atomic E-state index is 11.5. The quantitative estimate of drug-likeness (QED) is 0.577. The summed E-state index contributed by atoms with van der Waals surface area (Å²) in [6, 6.07) is 0. The first kappa shape index (κ1) is 8.76. The van der Waals surface area contributed by atoms with Gasteiger partial charge in [-0.25, -0.2) is 5.01 Å². The number of hydrogen-bond donors (Lipinski definition) is 0. The van der Waals surface area contributed by atoms with Gasteiger partial charge in [0.1, 0.15) is 6.23 Å². The Morgan fingerprint density at radius 3 is 2.55 bits per heavy atom. The van der Waals surface area contributed by atoms with Crippen LogP contribution in [-0.4, -0.2) is 31.2 Å². The molecule has 0 aromatic carbocycles. The normalized spacial score (nSPS) is 27.8. The summed E-state index contributed by atoms with van der Waals surface area (Å²) in [5.74, 6) is 0. The average Bonchev–Trinajstić information content (AvgIpc) is 2.10. The van der Waals surface area contributed by atoms with E-state index in [-0.39, 0.29) is 0 Å². The molecule has 0 amide bonds. The van der Waals surface area contributed by atoms with Crippen LogP contribution in [0.2, 0.25) is 0 Å². The van der Waals surface area contributed by atoms with E-state index in [0.717, 1.165) is 0 Å². The zero-order chi connectivity index (χ0) is 8.48. The number of ether oxygens (including phenoxy) is 1. The van der Waals surface area contributed by atoms with Gasteiger partial charge in [-0.1, -0.05) is 0 Å². The minimum absolute atomic E-state index is 0.302. The number of halogens is 3. The van der Waals surface area contributed by atoms with Crippen LogP contribution in [0, 0.1) is 0 Å². The van der Waals surface area contributed by atoms with E-state index < -0.39 is 12.6 Å². The van der Waals surface area contributed by atoms with Crippen molar-refractivity contribution in [3.8, 4) is 0 Å². The molecule has 1 fully saturated rings. The van der Waals surface area contributed by atoms with E-state index in [9.17, 15) is 13.2 Å². The standard InChI is InChI=1S/C5H8F3N2O/c1-10-3-2-4(9-10)11-5(6,7)8/h4H,2-3H2,1H3. The van der Waals surface area contributed by atoms with Gasteiger partial charge < -0.3 is 0 Å². The Morgan fingerprint density at radius 1 is 1.55 bits per heavy atom. The average molecular weight is 169 g/mol. The minimum Gasteiger partial charge on any atom is -0.270 e. The van der Waals surface area contributed by atoms with Crippen molar-refractivity contribution in [3.05, 3.63) is 0 Å². The summed E-state index contributed by atoms with van der Waals surface area (Å²) in [6.45, 7) is 0.515. The second kappa shape index (κ2) is 2.96. The van der Waals surface area contributed by atoms with Crippen LogP contribution in [0.4, 0.5) is 13.2 Å². The molecule has 65 valence electrons. The highest BCUT2D eigenvalue weighted by atomic mass is 19.4. The second-order valence-electron chi connectivity index (χ2n) is 2.30. The Kier molecular flexibility index (Phi) is 2.36. The third kappa shape index (κ3) is 3.04. The van der Waals surface area contributed by atoms with Gasteiger partial charge >= 0.3 is 6.36 Å². The van der Waals surface area contributed by atoms with E-state index in [1.54, 1.807) is 7.05 Å². The van der Waals surface area contributed by atoms with Gasteiger partial charge in [0, 0.05) is 20.0 Å². The van der Waals surface area contributed by atoms with Crippen molar-refractivity contribution in [2.45, 2.75) is 19.0 Å². The molecule has 0 saturated carbocycles. The van der Waals surface area contributed by atoms with Crippen LogP contribution in [0.15, 0.2) is 0 Å². The van der Waals surface area contributed by atoms with Gasteiger partial charge in [-0.3, -0.25) is 4.74 Å². The lowest BCUT2D eigenvalue weighted by molar-refractivity contribution is -0.346. The molecule has 1 saturated heterocycles. The summed E-state index contributed by atoms with van der Waals surface area (Å²) in [6.07, 6.45) is -5.31. The third-order valence-corrected chi connectivity index (χ3v) is 1.30. The molecular formula is C5H8F3N2O. The highest BCUT2D eigenvalue weighted by Gasteiger charge is 2.36. The van der Waals surface area contributed by atoms with Gasteiger partial charge in [0.2, 0.25) is 0 Å². The van der Waals surface area contributed by atoms with Gasteiger partial charge in [-0.2, -0.15) is 0 Å². The summed E-state index contributed by atoms with van der Waals surface area (Å²) < 4.78 is 38.3. The van der Waals surface area contributed by atoms with E-state index in [1.807, 2.05) is 0 Å². The largest absolute Gasteiger partial charge is 0.524 e. The highest BCUT2D eigenvalue weighted by molar-refractivity contribution is 4.63. The zero-order valence-corrected chi connectivity index (χ0v) is 5.93. The minimum atomic E-state index is -4.57. The van der Waals surface area contributed by atoms with Crippen molar-refractivity contribution in [2.24, 2.45) is 0 Å². The number of alkyl halides is 3. The van der Waals surface area contributed by atoms with Gasteiger partial charge in [-0.05, 0) is 0 Å². The monoisotopic (exact) mass is 169 g/mol. The Hall–Kier alpha value is -0.330. The lowest BCUT2D eigenvalue weighted by Gasteiger charge is -2.12. The molecule has 1 aliphatic rings. The van der Waals surface area contributed by atoms with Crippen molar-refractivity contribution >= 4 is 0 Å². The summed E-state index contributed by atoms with van der Waals surface area (Å²) in [5.41, 5.74) is 3.56. The van der Waals surface area contributed by atoms with E-state index >= 15 is 0 Å². The van der Waals surface area contributed by atoms with E-state index in [4.69, 9.17) is 0 Å². The van der Waals surface area contributed by atoms with Gasteiger partial charge in [0.25, 0.3) is 0 Å². The lowest BCUT2D eigenvalue weighted by Crippen LogP contribution is -2.31. The first-order valence-corrected chi connectivity index (χ1v) is 3.14. The molecule has 1 aliphatic heterocycles. The summed E-state index contributed by atoms with van der Waals surface area (Å²) in [5, 5.41) is 1.44. The molecule has 11 heavy (non-hydrogen) atoms. The number of hydrogen-bond acceptors (Lipinski definition) is 2. The molecule has 1 radical (unpaired) electrons. The van der Waals surface area contributed by atoms with Crippen molar-refractivity contribution in [1.29, 1.82) is 0 Å². The van der Waals surface area contributed by atoms with Gasteiger partial charge in [-0.15, -0.1) is 18.6 Å². The third-order valence-electron chi connectivity index (χ3n) is 1.30. The molecule has 0 bridgehead atoms. The predicted molar refractivity (Wildman–Crippen MR) is 30.3 cm³/mol. The van der Waals surface area contributed by atoms with Gasteiger partial charge in [0.15, 0.2) is 0 Å². The first-order valence-electron chi connectivity index (χ1n) is 3.14. The molecular weight excluding hydrogens is 161 g/mol. The summed E-state index contributed by atoms with van der Waals surface area (Å²) >= 11 is 0. The molecule has 1 heterocycles. The fraction of sp³-hybridized carbons (Fsp3) is 1.00. The van der Waals surface area contributed by atoms with Crippen molar-refractivity contribution in [3.63, 3.8) is 0 Å². The summed E-state index contributed by atoms with van der Waals surface area (Å²) in [7, 11) is 1.61. The Labute approximate surface area is 62.1 Å². The number of nitrogens with zero attached hydrogens (tertiary/aromatic N) is 2. The molecule has 0 N–H and O–H groups in total. The lowest BCUT2D eigenvalue weighted by atomic mass is 10.4. The van der Waals surface area contributed by atoms with Crippen LogP contribution in [-0.2, 0) is 4.74 Å². The van der Waals surface area contributed by atoms with Crippen molar-refractivity contribution < 1.29 is 17.9 Å². The molecule has 1 atom stereocenters. The molecule has 0 aromatic rings. The zero-order valence-electron chi connectivity index (χ0n) is 5.93. The van der Waals surface area contributed by atoms with E-state index in [1.165, 1.54) is 5.01 Å². The smallest absolute Gasteiger partial charge is 0.270 e. The fourth-order valence-corrected chi connectivity index (χ4v) is 0.869. The van der Waals surface area contributed by atoms with Crippen molar-refractivity contribution in [2.75, 3.05) is 13.6 Å². The molecule has 6 heteroatoms. The highest BCUT2D eigenvalue weighted by Crippen LogP contribution is 2.21. The Morgan fingerprint density at radius 2 is 2.18 bits per heavy atom. The summed E-state index contributed by atoms with van der Waals surface area (Å²) in [4.78, 5) is 0. The molecule has 3 nitrogen and oxygen atoms in total. The van der Waals surface area contributed by atoms with Crippen LogP contribution < -0.4 is 5.43 Å². The SMILES string of the molecule is CN1CCC(OC(F)(F)F)[N]1. The van der Waals surface area contributed by atoms with Crippen LogP contribution in [0.5, 0.6) is 0 Å².